The van der Waals surface area contributed by atoms with Crippen molar-refractivity contribution in [3.8, 4) is 5.88 Å². The van der Waals surface area contributed by atoms with Crippen molar-refractivity contribution >= 4 is 5.82 Å². The molecule has 0 aromatic carbocycles. The second-order valence-corrected chi connectivity index (χ2v) is 5.75. The molecule has 0 bridgehead atoms. The molecule has 2 heterocycles. The van der Waals surface area contributed by atoms with Gasteiger partial charge in [-0.25, -0.2) is 9.97 Å². The first kappa shape index (κ1) is 13.6. The van der Waals surface area contributed by atoms with Crippen LogP contribution in [0.4, 0.5) is 5.82 Å². The highest BCUT2D eigenvalue weighted by molar-refractivity contribution is 5.38. The molecule has 1 saturated carbocycles. The Balaban J connectivity index is 1.63. The first-order valence-corrected chi connectivity index (χ1v) is 7.65. The fourth-order valence-corrected chi connectivity index (χ4v) is 3.37. The van der Waals surface area contributed by atoms with Gasteiger partial charge in [-0.05, 0) is 32.6 Å². The van der Waals surface area contributed by atoms with Gasteiger partial charge in [0.15, 0.2) is 0 Å². The van der Waals surface area contributed by atoms with Crippen LogP contribution in [0, 0.1) is 0 Å². The maximum atomic E-state index is 6.06. The van der Waals surface area contributed by atoms with E-state index in [-0.39, 0.29) is 5.60 Å². The maximum Gasteiger partial charge on any atom is 0.218 e. The van der Waals surface area contributed by atoms with E-state index < -0.39 is 0 Å². The molecule has 1 aromatic rings. The Labute approximate surface area is 120 Å². The quantitative estimate of drug-likeness (QED) is 0.917. The highest BCUT2D eigenvalue weighted by Crippen LogP contribution is 2.40. The molecule has 2 fully saturated rings. The van der Waals surface area contributed by atoms with Crippen molar-refractivity contribution in [2.75, 3.05) is 18.5 Å². The first-order chi connectivity index (χ1) is 9.80. The van der Waals surface area contributed by atoms with Crippen LogP contribution in [0.15, 0.2) is 12.4 Å². The minimum atomic E-state index is 0.131. The average Bonchev–Trinajstić information content (AvgIpc) is 2.87. The van der Waals surface area contributed by atoms with Gasteiger partial charge in [-0.15, -0.1) is 0 Å². The molecule has 1 aromatic heterocycles. The summed E-state index contributed by atoms with van der Waals surface area (Å²) in [6.07, 6.45) is 8.69. The molecule has 0 radical (unpaired) electrons. The number of aromatic nitrogens is 2. The number of nitrogens with one attached hydrogen (secondary N) is 1. The fraction of sp³-hybridized carbons (Fsp3) is 0.733. The summed E-state index contributed by atoms with van der Waals surface area (Å²) in [6.45, 7) is 3.43. The Hall–Kier alpha value is -1.36. The van der Waals surface area contributed by atoms with Crippen molar-refractivity contribution < 1.29 is 9.47 Å². The van der Waals surface area contributed by atoms with E-state index >= 15 is 0 Å². The van der Waals surface area contributed by atoms with E-state index in [0.29, 0.717) is 18.5 Å². The molecule has 1 unspecified atom stereocenters. The molecule has 1 aliphatic heterocycles. The van der Waals surface area contributed by atoms with Crippen LogP contribution < -0.4 is 10.1 Å². The summed E-state index contributed by atoms with van der Waals surface area (Å²) in [5.74, 6) is 1.48. The van der Waals surface area contributed by atoms with Crippen LogP contribution in [0.1, 0.15) is 45.4 Å². The summed E-state index contributed by atoms with van der Waals surface area (Å²) < 4.78 is 11.5. The van der Waals surface area contributed by atoms with Gasteiger partial charge in [0, 0.05) is 18.7 Å². The Morgan fingerprint density at radius 1 is 1.40 bits per heavy atom. The third-order valence-corrected chi connectivity index (χ3v) is 4.29. The first-order valence-electron chi connectivity index (χ1n) is 7.65. The highest BCUT2D eigenvalue weighted by atomic mass is 16.5. The summed E-state index contributed by atoms with van der Waals surface area (Å²) in [5.41, 5.74) is 0.131. The lowest BCUT2D eigenvalue weighted by atomic mass is 9.89. The highest BCUT2D eigenvalue weighted by Gasteiger charge is 2.39. The molecule has 20 heavy (non-hydrogen) atoms. The van der Waals surface area contributed by atoms with Gasteiger partial charge in [0.05, 0.1) is 12.2 Å². The van der Waals surface area contributed by atoms with E-state index in [0.717, 1.165) is 25.3 Å². The largest absolute Gasteiger partial charge is 0.478 e. The summed E-state index contributed by atoms with van der Waals surface area (Å²) in [4.78, 5) is 8.38. The van der Waals surface area contributed by atoms with Gasteiger partial charge in [-0.2, -0.15) is 0 Å². The molecule has 5 nitrogen and oxygen atoms in total. The molecule has 1 saturated heterocycles. The number of nitrogens with zero attached hydrogens (tertiary/aromatic N) is 2. The zero-order chi connectivity index (χ0) is 13.8. The van der Waals surface area contributed by atoms with Crippen LogP contribution in [-0.4, -0.2) is 34.8 Å². The third-order valence-electron chi connectivity index (χ3n) is 4.29. The summed E-state index contributed by atoms with van der Waals surface area (Å²) in [6, 6.07) is 2.31. The van der Waals surface area contributed by atoms with Crippen molar-refractivity contribution in [2.24, 2.45) is 0 Å². The number of ether oxygens (including phenoxy) is 2. The van der Waals surface area contributed by atoms with Crippen LogP contribution in [0.3, 0.4) is 0 Å². The van der Waals surface area contributed by atoms with Gasteiger partial charge >= 0.3 is 0 Å². The second-order valence-electron chi connectivity index (χ2n) is 5.75. The number of hydrogen-bond acceptors (Lipinski definition) is 5. The average molecular weight is 277 g/mol. The maximum absolute atomic E-state index is 6.06. The molecule has 1 spiro atoms. The van der Waals surface area contributed by atoms with Crippen LogP contribution in [0.5, 0.6) is 5.88 Å². The standard InChI is InChI=1S/C15H23N3O2/c1-2-19-14-9-13(16-11-17-14)18-12-5-8-20-15(10-12)6-3-4-7-15/h9,11-12H,2-8,10H2,1H3,(H,16,17,18). The predicted octanol–water partition coefficient (Wildman–Crippen LogP) is 2.78. The van der Waals surface area contributed by atoms with Crippen molar-refractivity contribution in [2.45, 2.75) is 57.1 Å². The van der Waals surface area contributed by atoms with Gasteiger partial charge in [0.2, 0.25) is 5.88 Å². The number of anilines is 1. The zero-order valence-electron chi connectivity index (χ0n) is 12.1. The molecule has 1 atom stereocenters. The van der Waals surface area contributed by atoms with Gasteiger partial charge in [0.25, 0.3) is 0 Å². The number of hydrogen-bond donors (Lipinski definition) is 1. The smallest absolute Gasteiger partial charge is 0.218 e. The van der Waals surface area contributed by atoms with Gasteiger partial charge in [-0.3, -0.25) is 0 Å². The van der Waals surface area contributed by atoms with Crippen molar-refractivity contribution in [1.82, 2.24) is 9.97 Å². The normalized spacial score (nSPS) is 24.8. The molecule has 1 N–H and O–H groups in total. The topological polar surface area (TPSA) is 56.3 Å². The molecule has 5 heteroatoms. The SMILES string of the molecule is CCOc1cc(NC2CCOC3(CCCC3)C2)ncn1. The lowest BCUT2D eigenvalue weighted by Crippen LogP contribution is -2.42. The molecule has 110 valence electrons. The van der Waals surface area contributed by atoms with Crippen LogP contribution in [-0.2, 0) is 4.74 Å². The summed E-state index contributed by atoms with van der Waals surface area (Å²) in [7, 11) is 0. The number of rotatable bonds is 4. The zero-order valence-corrected chi connectivity index (χ0v) is 12.1. The monoisotopic (exact) mass is 277 g/mol. The van der Waals surface area contributed by atoms with E-state index in [4.69, 9.17) is 9.47 Å². The Bertz CT molecular complexity index is 446. The molecular formula is C15H23N3O2. The van der Waals surface area contributed by atoms with Gasteiger partial charge < -0.3 is 14.8 Å². The molecular weight excluding hydrogens is 254 g/mol. The van der Waals surface area contributed by atoms with E-state index in [1.807, 2.05) is 13.0 Å². The Morgan fingerprint density at radius 2 is 2.25 bits per heavy atom. The molecule has 2 aliphatic rings. The van der Waals surface area contributed by atoms with Crippen LogP contribution >= 0.6 is 0 Å². The summed E-state index contributed by atoms with van der Waals surface area (Å²) >= 11 is 0. The fourth-order valence-electron chi connectivity index (χ4n) is 3.37. The van der Waals surface area contributed by atoms with Crippen LogP contribution in [0.2, 0.25) is 0 Å². The van der Waals surface area contributed by atoms with Gasteiger partial charge in [-0.1, -0.05) is 12.8 Å². The Kier molecular flexibility index (Phi) is 4.05. The van der Waals surface area contributed by atoms with Crippen molar-refractivity contribution in [3.63, 3.8) is 0 Å². The third kappa shape index (κ3) is 3.03. The lowest BCUT2D eigenvalue weighted by Gasteiger charge is -2.38. The van der Waals surface area contributed by atoms with E-state index in [2.05, 4.69) is 15.3 Å². The minimum absolute atomic E-state index is 0.131. The van der Waals surface area contributed by atoms with Crippen molar-refractivity contribution in [1.29, 1.82) is 0 Å². The van der Waals surface area contributed by atoms with Crippen molar-refractivity contribution in [3.05, 3.63) is 12.4 Å². The molecule has 0 amide bonds. The summed E-state index contributed by atoms with van der Waals surface area (Å²) in [5, 5.41) is 3.52. The van der Waals surface area contributed by atoms with Crippen LogP contribution in [0.25, 0.3) is 0 Å². The van der Waals surface area contributed by atoms with Gasteiger partial charge in [0.1, 0.15) is 12.1 Å². The predicted molar refractivity (Wildman–Crippen MR) is 77.0 cm³/mol. The Morgan fingerprint density at radius 3 is 3.05 bits per heavy atom. The molecule has 1 aliphatic carbocycles. The molecule has 3 rings (SSSR count). The minimum Gasteiger partial charge on any atom is -0.478 e. The van der Waals surface area contributed by atoms with E-state index in [1.54, 1.807) is 6.33 Å². The lowest BCUT2D eigenvalue weighted by molar-refractivity contribution is -0.0767. The van der Waals surface area contributed by atoms with E-state index in [9.17, 15) is 0 Å². The van der Waals surface area contributed by atoms with E-state index in [1.165, 1.54) is 25.7 Å². The second kappa shape index (κ2) is 5.95.